The van der Waals surface area contributed by atoms with E-state index < -0.39 is 5.60 Å². The number of guanidine groups is 1. The van der Waals surface area contributed by atoms with Crippen molar-refractivity contribution in [3.05, 3.63) is 22.4 Å². The van der Waals surface area contributed by atoms with Crippen molar-refractivity contribution < 1.29 is 14.6 Å². The summed E-state index contributed by atoms with van der Waals surface area (Å²) in [4.78, 5) is 15.9. The molecule has 0 amide bonds. The lowest BCUT2D eigenvalue weighted by Crippen LogP contribution is -2.39. The number of thiophene rings is 1. The number of nitrogens with zero attached hydrogens (tertiary/aromatic N) is 1. The summed E-state index contributed by atoms with van der Waals surface area (Å²) in [5.41, 5.74) is -0.165. The van der Waals surface area contributed by atoms with Gasteiger partial charge in [0, 0.05) is 13.1 Å². The summed E-state index contributed by atoms with van der Waals surface area (Å²) < 4.78 is 5.08. The van der Waals surface area contributed by atoms with Gasteiger partial charge in [-0.2, -0.15) is 11.3 Å². The molecule has 0 aliphatic carbocycles. The molecule has 1 aromatic rings. The molecule has 138 valence electrons. The molecule has 0 saturated heterocycles. The van der Waals surface area contributed by atoms with Crippen LogP contribution in [0.1, 0.15) is 39.7 Å². The third-order valence-corrected chi connectivity index (χ3v) is 3.70. The standard InChI is InChI=1S/C16H27N3O3S.HI/c1-5-17-15(18-8-6-14(20)22-12(2)3)19-11-16(4,21)13-7-9-23-10-13;/h7,9-10,12,21H,5-6,8,11H2,1-4H3,(H2,17,18,19);1H. The van der Waals surface area contributed by atoms with Crippen LogP contribution in [0.5, 0.6) is 0 Å². The number of nitrogens with one attached hydrogen (secondary N) is 2. The lowest BCUT2D eigenvalue weighted by Gasteiger charge is -2.21. The fraction of sp³-hybridized carbons (Fsp3) is 0.625. The van der Waals surface area contributed by atoms with Crippen molar-refractivity contribution in [1.29, 1.82) is 0 Å². The first kappa shape index (κ1) is 23.1. The Morgan fingerprint density at radius 1 is 1.46 bits per heavy atom. The van der Waals surface area contributed by atoms with E-state index in [4.69, 9.17) is 4.74 Å². The zero-order valence-corrected chi connectivity index (χ0v) is 17.8. The topological polar surface area (TPSA) is 83.0 Å². The van der Waals surface area contributed by atoms with Crippen molar-refractivity contribution in [1.82, 2.24) is 10.6 Å². The number of halogens is 1. The van der Waals surface area contributed by atoms with Crippen molar-refractivity contribution >= 4 is 47.2 Å². The molecule has 1 heterocycles. The maximum absolute atomic E-state index is 11.5. The SMILES string of the molecule is CCNC(=NCC(C)(O)c1ccsc1)NCCC(=O)OC(C)C.I. The minimum atomic E-state index is -1.01. The number of aliphatic imine (C=N–C) groups is 1. The van der Waals surface area contributed by atoms with Crippen LogP contribution in [0.3, 0.4) is 0 Å². The summed E-state index contributed by atoms with van der Waals surface area (Å²) in [7, 11) is 0. The molecule has 1 aromatic heterocycles. The molecule has 0 saturated carbocycles. The maximum Gasteiger partial charge on any atom is 0.307 e. The third kappa shape index (κ3) is 8.84. The van der Waals surface area contributed by atoms with Crippen molar-refractivity contribution in [2.45, 2.75) is 45.8 Å². The highest BCUT2D eigenvalue weighted by molar-refractivity contribution is 14.0. The predicted octanol–water partition coefficient (Wildman–Crippen LogP) is 2.47. The number of carbonyl (C=O) groups is 1. The van der Waals surface area contributed by atoms with E-state index in [-0.39, 0.29) is 49.0 Å². The van der Waals surface area contributed by atoms with E-state index in [2.05, 4.69) is 15.6 Å². The van der Waals surface area contributed by atoms with E-state index >= 15 is 0 Å². The Balaban J connectivity index is 0.00000529. The van der Waals surface area contributed by atoms with Crippen LogP contribution in [0, 0.1) is 0 Å². The molecule has 0 spiro atoms. The Labute approximate surface area is 165 Å². The van der Waals surface area contributed by atoms with Gasteiger partial charge < -0.3 is 20.5 Å². The number of carbonyl (C=O) groups excluding carboxylic acids is 1. The van der Waals surface area contributed by atoms with Crippen LogP contribution >= 0.6 is 35.3 Å². The fourth-order valence-corrected chi connectivity index (χ4v) is 2.62. The predicted molar refractivity (Wildman–Crippen MR) is 109 cm³/mol. The Kier molecular flexibility index (Phi) is 11.2. The van der Waals surface area contributed by atoms with Gasteiger partial charge in [-0.05, 0) is 50.1 Å². The zero-order chi connectivity index (χ0) is 17.3. The van der Waals surface area contributed by atoms with E-state index in [0.717, 1.165) is 5.56 Å². The Morgan fingerprint density at radius 2 is 2.17 bits per heavy atom. The molecule has 3 N–H and O–H groups in total. The molecule has 1 unspecified atom stereocenters. The minimum Gasteiger partial charge on any atom is -0.463 e. The molecular formula is C16H28IN3O3S. The molecule has 0 aromatic carbocycles. The second kappa shape index (κ2) is 11.6. The van der Waals surface area contributed by atoms with E-state index in [1.807, 2.05) is 37.6 Å². The molecule has 0 aliphatic heterocycles. The monoisotopic (exact) mass is 469 g/mol. The lowest BCUT2D eigenvalue weighted by atomic mass is 10.00. The van der Waals surface area contributed by atoms with Crippen LogP contribution in [-0.2, 0) is 15.1 Å². The van der Waals surface area contributed by atoms with Crippen LogP contribution in [-0.4, -0.2) is 42.8 Å². The number of esters is 1. The molecule has 24 heavy (non-hydrogen) atoms. The average Bonchev–Trinajstić information content (AvgIpc) is 2.99. The van der Waals surface area contributed by atoms with Gasteiger partial charge in [0.2, 0.25) is 0 Å². The van der Waals surface area contributed by atoms with E-state index in [0.29, 0.717) is 19.0 Å². The summed E-state index contributed by atoms with van der Waals surface area (Å²) in [5, 5.41) is 20.5. The lowest BCUT2D eigenvalue weighted by molar-refractivity contribution is -0.147. The third-order valence-electron chi connectivity index (χ3n) is 3.02. The smallest absolute Gasteiger partial charge is 0.307 e. The molecule has 0 bridgehead atoms. The molecule has 8 heteroatoms. The Morgan fingerprint density at radius 3 is 2.71 bits per heavy atom. The minimum absolute atomic E-state index is 0. The van der Waals surface area contributed by atoms with Gasteiger partial charge in [-0.25, -0.2) is 4.99 Å². The average molecular weight is 469 g/mol. The number of ether oxygens (including phenoxy) is 1. The van der Waals surface area contributed by atoms with Crippen molar-refractivity contribution in [2.75, 3.05) is 19.6 Å². The first-order valence-electron chi connectivity index (χ1n) is 7.82. The highest BCUT2D eigenvalue weighted by Gasteiger charge is 2.23. The van der Waals surface area contributed by atoms with Crippen LogP contribution in [0.2, 0.25) is 0 Å². The van der Waals surface area contributed by atoms with Gasteiger partial charge in [-0.1, -0.05) is 0 Å². The highest BCUT2D eigenvalue weighted by atomic mass is 127. The van der Waals surface area contributed by atoms with Crippen LogP contribution in [0.15, 0.2) is 21.8 Å². The van der Waals surface area contributed by atoms with Gasteiger partial charge in [0.15, 0.2) is 5.96 Å². The number of rotatable bonds is 8. The van der Waals surface area contributed by atoms with E-state index in [1.165, 1.54) is 0 Å². The van der Waals surface area contributed by atoms with Gasteiger partial charge >= 0.3 is 5.97 Å². The normalized spacial score (nSPS) is 13.8. The molecule has 1 rings (SSSR count). The summed E-state index contributed by atoms with van der Waals surface area (Å²) in [6.07, 6.45) is 0.161. The Hall–Kier alpha value is -0.870. The maximum atomic E-state index is 11.5. The van der Waals surface area contributed by atoms with Gasteiger partial charge in [0.1, 0.15) is 5.60 Å². The van der Waals surface area contributed by atoms with Crippen molar-refractivity contribution in [2.24, 2.45) is 4.99 Å². The fourth-order valence-electron chi connectivity index (χ4n) is 1.84. The summed E-state index contributed by atoms with van der Waals surface area (Å²) in [6, 6.07) is 1.89. The van der Waals surface area contributed by atoms with Crippen molar-refractivity contribution in [3.8, 4) is 0 Å². The summed E-state index contributed by atoms with van der Waals surface area (Å²) in [6.45, 7) is 8.70. The Bertz CT molecular complexity index is 505. The largest absolute Gasteiger partial charge is 0.463 e. The van der Waals surface area contributed by atoms with Gasteiger partial charge in [0.25, 0.3) is 0 Å². The van der Waals surface area contributed by atoms with Crippen LogP contribution in [0.4, 0.5) is 0 Å². The second-order valence-electron chi connectivity index (χ2n) is 5.70. The molecule has 0 fully saturated rings. The molecular weight excluding hydrogens is 441 g/mol. The quantitative estimate of drug-likeness (QED) is 0.236. The first-order valence-corrected chi connectivity index (χ1v) is 8.76. The van der Waals surface area contributed by atoms with Crippen LogP contribution in [0.25, 0.3) is 0 Å². The highest BCUT2D eigenvalue weighted by Crippen LogP contribution is 2.23. The summed E-state index contributed by atoms with van der Waals surface area (Å²) in [5.74, 6) is 0.328. The first-order chi connectivity index (χ1) is 10.8. The van der Waals surface area contributed by atoms with Crippen molar-refractivity contribution in [3.63, 3.8) is 0 Å². The van der Waals surface area contributed by atoms with E-state index in [1.54, 1.807) is 18.3 Å². The summed E-state index contributed by atoms with van der Waals surface area (Å²) >= 11 is 1.54. The second-order valence-corrected chi connectivity index (χ2v) is 6.48. The number of hydrogen-bond acceptors (Lipinski definition) is 5. The zero-order valence-electron chi connectivity index (χ0n) is 14.7. The molecule has 6 nitrogen and oxygen atoms in total. The number of aliphatic hydroxyl groups is 1. The molecule has 0 aliphatic rings. The molecule has 0 radical (unpaired) electrons. The van der Waals surface area contributed by atoms with Gasteiger partial charge in [0.05, 0.1) is 19.1 Å². The van der Waals surface area contributed by atoms with Gasteiger partial charge in [-0.3, -0.25) is 4.79 Å². The molecule has 1 atom stereocenters. The number of hydrogen-bond donors (Lipinski definition) is 3. The van der Waals surface area contributed by atoms with Crippen LogP contribution < -0.4 is 10.6 Å². The van der Waals surface area contributed by atoms with Gasteiger partial charge in [-0.15, -0.1) is 24.0 Å². The van der Waals surface area contributed by atoms with E-state index in [9.17, 15) is 9.90 Å².